The highest BCUT2D eigenvalue weighted by atomic mass is 35.5. The van der Waals surface area contributed by atoms with Crippen LogP contribution >= 0.6 is 11.6 Å². The minimum atomic E-state index is 0.160. The van der Waals surface area contributed by atoms with Crippen LogP contribution in [0.4, 0.5) is 0 Å². The largest absolute Gasteiger partial charge is 0.493 e. The minimum absolute atomic E-state index is 0.160. The fraction of sp³-hybridized carbons (Fsp3) is 0.167. The van der Waals surface area contributed by atoms with E-state index in [0.717, 1.165) is 0 Å². The molecule has 0 N–H and O–H groups in total. The molecule has 0 atom stereocenters. The first-order valence-electron chi connectivity index (χ1n) is 4.80. The van der Waals surface area contributed by atoms with Gasteiger partial charge in [0.1, 0.15) is 18.1 Å². The molecule has 1 aromatic heterocycles. The lowest BCUT2D eigenvalue weighted by atomic mass is 10.2. The summed E-state index contributed by atoms with van der Waals surface area (Å²) < 4.78 is 10.6. The number of hydrogen-bond acceptors (Lipinski definition) is 4. The van der Waals surface area contributed by atoms with Crippen LogP contribution in [0.25, 0.3) is 10.9 Å². The van der Waals surface area contributed by atoms with Gasteiger partial charge in [-0.3, -0.25) is 0 Å². The van der Waals surface area contributed by atoms with E-state index < -0.39 is 0 Å². The summed E-state index contributed by atoms with van der Waals surface area (Å²) in [6.07, 6.45) is 6.54. The van der Waals surface area contributed by atoms with E-state index in [4.69, 9.17) is 27.5 Å². The van der Waals surface area contributed by atoms with Crippen molar-refractivity contribution in [3.63, 3.8) is 0 Å². The van der Waals surface area contributed by atoms with E-state index in [0.29, 0.717) is 27.6 Å². The maximum atomic E-state index is 5.97. The maximum Gasteiger partial charge on any atom is 0.163 e. The van der Waals surface area contributed by atoms with Crippen LogP contribution in [0.1, 0.15) is 0 Å². The summed E-state index contributed by atoms with van der Waals surface area (Å²) in [5, 5.41) is 1.06. The van der Waals surface area contributed by atoms with Crippen molar-refractivity contribution in [1.29, 1.82) is 0 Å². The fourth-order valence-electron chi connectivity index (χ4n) is 1.42. The molecule has 0 fully saturated rings. The molecule has 0 aliphatic carbocycles. The molecule has 1 heterocycles. The Bertz CT molecular complexity index is 593. The zero-order valence-electron chi connectivity index (χ0n) is 9.11. The van der Waals surface area contributed by atoms with Crippen molar-refractivity contribution in [1.82, 2.24) is 9.97 Å². The SMILES string of the molecule is C#CCOc1cc2c(Cl)ncnc2cc1OC. The van der Waals surface area contributed by atoms with Gasteiger partial charge in [0.2, 0.25) is 0 Å². The van der Waals surface area contributed by atoms with Gasteiger partial charge in [0.25, 0.3) is 0 Å². The summed E-state index contributed by atoms with van der Waals surface area (Å²) in [6.45, 7) is 0.160. The second-order valence-corrected chi connectivity index (χ2v) is 3.54. The number of benzene rings is 1. The number of hydrogen-bond donors (Lipinski definition) is 0. The third kappa shape index (κ3) is 2.24. The normalized spacial score (nSPS) is 9.94. The second-order valence-electron chi connectivity index (χ2n) is 3.18. The third-order valence-electron chi connectivity index (χ3n) is 2.18. The van der Waals surface area contributed by atoms with Gasteiger partial charge in [-0.05, 0) is 6.07 Å². The van der Waals surface area contributed by atoms with Crippen molar-refractivity contribution in [2.24, 2.45) is 0 Å². The van der Waals surface area contributed by atoms with Crippen LogP contribution in [0.3, 0.4) is 0 Å². The molecule has 1 aromatic carbocycles. The van der Waals surface area contributed by atoms with Crippen LogP contribution in [0, 0.1) is 12.3 Å². The number of ether oxygens (including phenoxy) is 2. The molecule has 2 aromatic rings. The quantitative estimate of drug-likeness (QED) is 0.618. The van der Waals surface area contributed by atoms with Gasteiger partial charge < -0.3 is 9.47 Å². The lowest BCUT2D eigenvalue weighted by Crippen LogP contribution is -1.97. The molecule has 0 amide bonds. The summed E-state index contributed by atoms with van der Waals surface area (Å²) in [7, 11) is 1.55. The number of methoxy groups -OCH3 is 1. The number of nitrogens with zero attached hydrogens (tertiary/aromatic N) is 2. The highest BCUT2D eigenvalue weighted by Gasteiger charge is 2.10. The van der Waals surface area contributed by atoms with Gasteiger partial charge in [-0.25, -0.2) is 9.97 Å². The van der Waals surface area contributed by atoms with E-state index in [1.807, 2.05) is 0 Å². The highest BCUT2D eigenvalue weighted by Crippen LogP contribution is 2.33. The van der Waals surface area contributed by atoms with E-state index in [1.165, 1.54) is 6.33 Å². The number of fused-ring (bicyclic) bond motifs is 1. The summed E-state index contributed by atoms with van der Waals surface area (Å²) in [5.41, 5.74) is 0.690. The van der Waals surface area contributed by atoms with Crippen molar-refractivity contribution >= 4 is 22.5 Å². The highest BCUT2D eigenvalue weighted by molar-refractivity contribution is 6.34. The van der Waals surface area contributed by atoms with Crippen LogP contribution in [0.2, 0.25) is 5.15 Å². The third-order valence-corrected chi connectivity index (χ3v) is 2.48. The Kier molecular flexibility index (Phi) is 3.31. The van der Waals surface area contributed by atoms with Gasteiger partial charge in [0, 0.05) is 11.5 Å². The van der Waals surface area contributed by atoms with E-state index >= 15 is 0 Å². The predicted octanol–water partition coefficient (Wildman–Crippen LogP) is 2.30. The summed E-state index contributed by atoms with van der Waals surface area (Å²) in [5.74, 6) is 3.47. The number of halogens is 1. The van der Waals surface area contributed by atoms with Gasteiger partial charge in [-0.1, -0.05) is 17.5 Å². The van der Waals surface area contributed by atoms with Crippen LogP contribution in [0.15, 0.2) is 18.5 Å². The van der Waals surface area contributed by atoms with Crippen LogP contribution in [0.5, 0.6) is 11.5 Å². The van der Waals surface area contributed by atoms with Crippen molar-refractivity contribution in [3.05, 3.63) is 23.6 Å². The molecular weight excluding hydrogens is 240 g/mol. The first-order chi connectivity index (χ1) is 8.26. The molecule has 86 valence electrons. The molecular formula is C12H9ClN2O2. The van der Waals surface area contributed by atoms with Crippen molar-refractivity contribution in [3.8, 4) is 23.8 Å². The molecule has 0 radical (unpaired) electrons. The van der Waals surface area contributed by atoms with Gasteiger partial charge in [-0.2, -0.15) is 0 Å². The summed E-state index contributed by atoms with van der Waals surface area (Å²) in [4.78, 5) is 8.00. The summed E-state index contributed by atoms with van der Waals surface area (Å²) >= 11 is 5.97. The van der Waals surface area contributed by atoms with Crippen LogP contribution < -0.4 is 9.47 Å². The van der Waals surface area contributed by atoms with Crippen LogP contribution in [-0.4, -0.2) is 23.7 Å². The monoisotopic (exact) mass is 248 g/mol. The Hall–Kier alpha value is -1.99. The van der Waals surface area contributed by atoms with Crippen molar-refractivity contribution in [2.45, 2.75) is 0 Å². The number of terminal acetylenes is 1. The smallest absolute Gasteiger partial charge is 0.163 e. The molecule has 5 heteroatoms. The molecule has 0 unspecified atom stereocenters. The first kappa shape index (κ1) is 11.5. The molecule has 17 heavy (non-hydrogen) atoms. The molecule has 0 spiro atoms. The topological polar surface area (TPSA) is 44.2 Å². The molecule has 4 nitrogen and oxygen atoms in total. The first-order valence-corrected chi connectivity index (χ1v) is 5.18. The lowest BCUT2D eigenvalue weighted by Gasteiger charge is -2.10. The van der Waals surface area contributed by atoms with Gasteiger partial charge in [0.15, 0.2) is 11.5 Å². The van der Waals surface area contributed by atoms with Gasteiger partial charge in [-0.15, -0.1) is 6.42 Å². The maximum absolute atomic E-state index is 5.97. The Morgan fingerprint density at radius 2 is 2.18 bits per heavy atom. The standard InChI is InChI=1S/C12H9ClN2O2/c1-3-4-17-11-5-8-9(6-10(11)16-2)14-7-15-12(8)13/h1,5-7H,4H2,2H3. The van der Waals surface area contributed by atoms with Crippen LogP contribution in [-0.2, 0) is 0 Å². The van der Waals surface area contributed by atoms with Gasteiger partial charge in [0.05, 0.1) is 12.6 Å². The molecule has 0 aliphatic rings. The lowest BCUT2D eigenvalue weighted by molar-refractivity contribution is 0.331. The Morgan fingerprint density at radius 3 is 2.88 bits per heavy atom. The average molecular weight is 249 g/mol. The van der Waals surface area contributed by atoms with E-state index in [2.05, 4.69) is 15.9 Å². The van der Waals surface area contributed by atoms with Crippen molar-refractivity contribution in [2.75, 3.05) is 13.7 Å². The van der Waals surface area contributed by atoms with E-state index in [9.17, 15) is 0 Å². The second kappa shape index (κ2) is 4.89. The molecule has 2 rings (SSSR count). The zero-order chi connectivity index (χ0) is 12.3. The molecule has 0 saturated carbocycles. The Morgan fingerprint density at radius 1 is 1.35 bits per heavy atom. The predicted molar refractivity (Wildman–Crippen MR) is 65.4 cm³/mol. The summed E-state index contributed by atoms with van der Waals surface area (Å²) in [6, 6.07) is 3.45. The Balaban J connectivity index is 2.58. The molecule has 0 saturated heterocycles. The minimum Gasteiger partial charge on any atom is -0.493 e. The molecule has 0 bridgehead atoms. The molecule has 0 aliphatic heterocycles. The number of rotatable bonds is 3. The van der Waals surface area contributed by atoms with E-state index in [-0.39, 0.29) is 6.61 Å². The van der Waals surface area contributed by atoms with Gasteiger partial charge >= 0.3 is 0 Å². The van der Waals surface area contributed by atoms with Crippen molar-refractivity contribution < 1.29 is 9.47 Å². The van der Waals surface area contributed by atoms with E-state index in [1.54, 1.807) is 19.2 Å². The zero-order valence-corrected chi connectivity index (χ0v) is 9.86. The average Bonchev–Trinajstić information content (AvgIpc) is 2.36. The number of aromatic nitrogens is 2. The fourth-order valence-corrected chi connectivity index (χ4v) is 1.62. The Labute approximate surface area is 104 Å².